The number of rotatable bonds is 5. The van der Waals surface area contributed by atoms with Crippen molar-refractivity contribution in [3.8, 4) is 11.6 Å². The molecule has 0 radical (unpaired) electrons. The molecule has 1 aromatic carbocycles. The minimum atomic E-state index is 0.598. The predicted molar refractivity (Wildman–Crippen MR) is 98.0 cm³/mol. The highest BCUT2D eigenvalue weighted by Crippen LogP contribution is 2.22. The quantitative estimate of drug-likeness (QED) is 0.828. The summed E-state index contributed by atoms with van der Waals surface area (Å²) in [5, 5.41) is 3.48. The summed E-state index contributed by atoms with van der Waals surface area (Å²) < 4.78 is 5.76. The molecule has 24 heavy (non-hydrogen) atoms. The highest BCUT2D eigenvalue weighted by molar-refractivity contribution is 5.31. The van der Waals surface area contributed by atoms with Gasteiger partial charge in [0.05, 0.1) is 0 Å². The van der Waals surface area contributed by atoms with Crippen LogP contribution in [0.3, 0.4) is 0 Å². The second-order valence-corrected chi connectivity index (χ2v) is 6.57. The lowest BCUT2D eigenvalue weighted by molar-refractivity contribution is 0.462. The Kier molecular flexibility index (Phi) is 4.99. The third-order valence-electron chi connectivity index (χ3n) is 4.05. The Morgan fingerprint density at radius 1 is 1.12 bits per heavy atom. The number of pyridine rings is 1. The Hall–Kier alpha value is -2.55. The van der Waals surface area contributed by atoms with Crippen LogP contribution in [0.5, 0.6) is 11.6 Å². The fourth-order valence-electron chi connectivity index (χ4n) is 2.86. The molecule has 0 bridgehead atoms. The molecule has 3 nitrogen and oxygen atoms in total. The SMILES string of the molecule is CC1=CC(NCc2ccc(Oc3ccc(C)cc3)nc2)=CC(C)C1. The molecule has 2 aromatic rings. The van der Waals surface area contributed by atoms with Crippen LogP contribution in [0.15, 0.2) is 66.0 Å². The molecule has 1 N–H and O–H groups in total. The Labute approximate surface area is 144 Å². The largest absolute Gasteiger partial charge is 0.439 e. The van der Waals surface area contributed by atoms with Crippen molar-refractivity contribution in [3.63, 3.8) is 0 Å². The lowest BCUT2D eigenvalue weighted by Crippen LogP contribution is -2.15. The molecule has 1 unspecified atom stereocenters. The van der Waals surface area contributed by atoms with Crippen LogP contribution >= 0.6 is 0 Å². The summed E-state index contributed by atoms with van der Waals surface area (Å²) in [4.78, 5) is 4.39. The van der Waals surface area contributed by atoms with E-state index in [1.807, 2.05) is 42.6 Å². The lowest BCUT2D eigenvalue weighted by atomic mass is 9.95. The third-order valence-corrected chi connectivity index (χ3v) is 4.05. The maximum atomic E-state index is 5.76. The van der Waals surface area contributed by atoms with E-state index in [1.165, 1.54) is 16.8 Å². The van der Waals surface area contributed by atoms with E-state index >= 15 is 0 Å². The molecular formula is C21H24N2O. The smallest absolute Gasteiger partial charge is 0.219 e. The van der Waals surface area contributed by atoms with Gasteiger partial charge in [-0.05, 0) is 50.0 Å². The molecule has 0 saturated heterocycles. The van der Waals surface area contributed by atoms with Gasteiger partial charge in [-0.1, -0.05) is 42.3 Å². The minimum Gasteiger partial charge on any atom is -0.439 e. The van der Waals surface area contributed by atoms with Crippen LogP contribution in [-0.4, -0.2) is 4.98 Å². The Morgan fingerprint density at radius 2 is 1.92 bits per heavy atom. The zero-order valence-corrected chi connectivity index (χ0v) is 14.5. The zero-order valence-electron chi connectivity index (χ0n) is 14.5. The topological polar surface area (TPSA) is 34.1 Å². The molecule has 1 heterocycles. The summed E-state index contributed by atoms with van der Waals surface area (Å²) in [6.07, 6.45) is 7.52. The van der Waals surface area contributed by atoms with E-state index in [1.54, 1.807) is 0 Å². The maximum absolute atomic E-state index is 5.76. The van der Waals surface area contributed by atoms with Crippen molar-refractivity contribution in [2.75, 3.05) is 0 Å². The van der Waals surface area contributed by atoms with E-state index in [4.69, 9.17) is 4.74 Å². The first kappa shape index (κ1) is 16.3. The molecule has 1 aliphatic rings. The number of aromatic nitrogens is 1. The Balaban J connectivity index is 1.57. The van der Waals surface area contributed by atoms with Crippen molar-refractivity contribution in [1.82, 2.24) is 10.3 Å². The third kappa shape index (κ3) is 4.48. The first-order valence-corrected chi connectivity index (χ1v) is 8.41. The number of ether oxygens (including phenoxy) is 1. The fourth-order valence-corrected chi connectivity index (χ4v) is 2.86. The van der Waals surface area contributed by atoms with Gasteiger partial charge in [0, 0.05) is 24.5 Å². The van der Waals surface area contributed by atoms with E-state index in [0.29, 0.717) is 11.8 Å². The Bertz CT molecular complexity index is 742. The average Bonchev–Trinajstić information content (AvgIpc) is 2.55. The van der Waals surface area contributed by atoms with Gasteiger partial charge < -0.3 is 10.1 Å². The molecule has 1 aliphatic carbocycles. The number of aryl methyl sites for hydroxylation is 1. The van der Waals surface area contributed by atoms with Crippen molar-refractivity contribution in [2.24, 2.45) is 5.92 Å². The molecule has 0 fully saturated rings. The summed E-state index contributed by atoms with van der Waals surface area (Å²) in [5.74, 6) is 2.02. The normalized spacial score (nSPS) is 17.0. The molecule has 0 saturated carbocycles. The number of nitrogens with zero attached hydrogens (tertiary/aromatic N) is 1. The van der Waals surface area contributed by atoms with E-state index < -0.39 is 0 Å². The van der Waals surface area contributed by atoms with Crippen LogP contribution in [0, 0.1) is 12.8 Å². The Morgan fingerprint density at radius 3 is 2.58 bits per heavy atom. The van der Waals surface area contributed by atoms with Gasteiger partial charge in [-0.25, -0.2) is 4.98 Å². The van der Waals surface area contributed by atoms with Crippen molar-refractivity contribution in [1.29, 1.82) is 0 Å². The number of allylic oxidation sites excluding steroid dienone is 3. The van der Waals surface area contributed by atoms with E-state index in [9.17, 15) is 0 Å². The van der Waals surface area contributed by atoms with Crippen molar-refractivity contribution in [2.45, 2.75) is 33.7 Å². The summed E-state index contributed by atoms with van der Waals surface area (Å²) in [6.45, 7) is 7.25. The van der Waals surface area contributed by atoms with E-state index in [0.717, 1.165) is 24.3 Å². The van der Waals surface area contributed by atoms with Crippen LogP contribution in [-0.2, 0) is 6.54 Å². The van der Waals surface area contributed by atoms with E-state index in [-0.39, 0.29) is 0 Å². The van der Waals surface area contributed by atoms with Gasteiger partial charge in [0.2, 0.25) is 5.88 Å². The van der Waals surface area contributed by atoms with Gasteiger partial charge >= 0.3 is 0 Å². The molecule has 1 aromatic heterocycles. The number of nitrogens with one attached hydrogen (secondary N) is 1. The highest BCUT2D eigenvalue weighted by atomic mass is 16.5. The zero-order chi connectivity index (χ0) is 16.9. The maximum Gasteiger partial charge on any atom is 0.219 e. The van der Waals surface area contributed by atoms with Gasteiger partial charge in [-0.15, -0.1) is 0 Å². The molecular weight excluding hydrogens is 296 g/mol. The fraction of sp³-hybridized carbons (Fsp3) is 0.286. The summed E-state index contributed by atoms with van der Waals surface area (Å²) in [7, 11) is 0. The molecule has 0 spiro atoms. The molecule has 124 valence electrons. The van der Waals surface area contributed by atoms with Crippen molar-refractivity contribution >= 4 is 0 Å². The lowest BCUT2D eigenvalue weighted by Gasteiger charge is -2.17. The first-order valence-electron chi connectivity index (χ1n) is 8.41. The molecule has 0 aliphatic heterocycles. The minimum absolute atomic E-state index is 0.598. The second kappa shape index (κ2) is 7.35. The molecule has 3 heteroatoms. The first-order chi connectivity index (χ1) is 11.6. The molecule has 0 amide bonds. The van der Waals surface area contributed by atoms with Gasteiger partial charge in [-0.3, -0.25) is 0 Å². The highest BCUT2D eigenvalue weighted by Gasteiger charge is 2.08. The summed E-state index contributed by atoms with van der Waals surface area (Å²) >= 11 is 0. The summed E-state index contributed by atoms with van der Waals surface area (Å²) in [5.41, 5.74) is 4.97. The van der Waals surface area contributed by atoms with Crippen molar-refractivity contribution in [3.05, 3.63) is 77.1 Å². The van der Waals surface area contributed by atoms with E-state index in [2.05, 4.69) is 43.2 Å². The average molecular weight is 320 g/mol. The van der Waals surface area contributed by atoms with Gasteiger partial charge in [-0.2, -0.15) is 0 Å². The monoisotopic (exact) mass is 320 g/mol. The van der Waals surface area contributed by atoms with Gasteiger partial charge in [0.1, 0.15) is 5.75 Å². The van der Waals surface area contributed by atoms with Crippen LogP contribution in [0.1, 0.15) is 31.4 Å². The molecule has 3 rings (SSSR count). The van der Waals surface area contributed by atoms with Crippen LogP contribution in [0.4, 0.5) is 0 Å². The van der Waals surface area contributed by atoms with Crippen LogP contribution in [0.2, 0.25) is 0 Å². The number of benzene rings is 1. The summed E-state index contributed by atoms with van der Waals surface area (Å²) in [6, 6.07) is 11.9. The van der Waals surface area contributed by atoms with Crippen LogP contribution in [0.25, 0.3) is 0 Å². The van der Waals surface area contributed by atoms with Gasteiger partial charge in [0.25, 0.3) is 0 Å². The van der Waals surface area contributed by atoms with Crippen molar-refractivity contribution < 1.29 is 4.74 Å². The van der Waals surface area contributed by atoms with Gasteiger partial charge in [0.15, 0.2) is 0 Å². The predicted octanol–water partition coefficient (Wildman–Crippen LogP) is 5.14. The standard InChI is InChI=1S/C21H24N2O/c1-15-4-7-20(8-5-15)24-21-9-6-18(14-23-21)13-22-19-11-16(2)10-17(3)12-19/h4-9,11-12,14,16,22H,10,13H2,1-3H3. The second-order valence-electron chi connectivity index (χ2n) is 6.57. The number of hydrogen-bond donors (Lipinski definition) is 1. The number of hydrogen-bond acceptors (Lipinski definition) is 3. The molecule has 1 atom stereocenters. The van der Waals surface area contributed by atoms with Crippen LogP contribution < -0.4 is 10.1 Å².